The molecule has 2 aliphatic rings. The summed E-state index contributed by atoms with van der Waals surface area (Å²) in [5.41, 5.74) is 1.68. The molecule has 2 aromatic carbocycles. The van der Waals surface area contributed by atoms with Crippen molar-refractivity contribution < 1.29 is 17.9 Å². The average Bonchev–Trinajstić information content (AvgIpc) is 3.53. The maximum atomic E-state index is 15.0. The Balaban J connectivity index is 1.66. The number of epoxide rings is 1. The fourth-order valence-corrected chi connectivity index (χ4v) is 4.32. The Kier molecular flexibility index (Phi) is 5.52. The monoisotopic (exact) mass is 406 g/mol. The minimum atomic E-state index is -1.03. The van der Waals surface area contributed by atoms with Gasteiger partial charge in [0.2, 0.25) is 0 Å². The van der Waals surface area contributed by atoms with Gasteiger partial charge in [-0.2, -0.15) is 0 Å². The van der Waals surface area contributed by atoms with Crippen molar-refractivity contribution in [2.45, 2.75) is 45.1 Å². The van der Waals surface area contributed by atoms with E-state index in [0.717, 1.165) is 31.3 Å². The maximum absolute atomic E-state index is 15.0. The van der Waals surface area contributed by atoms with Gasteiger partial charge in [-0.3, -0.25) is 0 Å². The maximum Gasteiger partial charge on any atom is 0.167 e. The van der Waals surface area contributed by atoms with E-state index in [4.69, 9.17) is 16.3 Å². The fourth-order valence-electron chi connectivity index (χ4n) is 4.06. The van der Waals surface area contributed by atoms with Crippen molar-refractivity contribution in [1.82, 2.24) is 0 Å². The van der Waals surface area contributed by atoms with Gasteiger partial charge in [0.25, 0.3) is 0 Å². The molecule has 1 fully saturated rings. The number of allylic oxidation sites excluding steroid dienone is 2. The molecule has 2 unspecified atom stereocenters. The van der Waals surface area contributed by atoms with Crippen molar-refractivity contribution in [1.29, 1.82) is 0 Å². The quantitative estimate of drug-likeness (QED) is 0.469. The van der Waals surface area contributed by atoms with E-state index in [0.29, 0.717) is 18.1 Å². The molecular weight excluding hydrogens is 385 g/mol. The zero-order valence-corrected chi connectivity index (χ0v) is 16.5. The molecule has 0 radical (unpaired) electrons. The molecule has 0 saturated carbocycles. The Morgan fingerprint density at radius 2 is 1.71 bits per heavy atom. The minimum Gasteiger partial charge on any atom is -0.368 e. The molecule has 0 bridgehead atoms. The van der Waals surface area contributed by atoms with Crippen LogP contribution >= 0.6 is 11.6 Å². The smallest absolute Gasteiger partial charge is 0.167 e. The molecule has 2 aromatic rings. The third-order valence-corrected chi connectivity index (χ3v) is 6.10. The van der Waals surface area contributed by atoms with Crippen LogP contribution in [0, 0.1) is 23.4 Å². The standard InChI is InChI=1S/C23H22ClF3O/c1-2-3-13-4-6-14(7-5-13)15-8-9-16(20(24)21(15)25)17-10-11-18(19-12-28-19)23(27)22(17)26/h6,8-11,13,19H,2-5,7,12H2,1H3. The Hall–Kier alpha value is -1.78. The summed E-state index contributed by atoms with van der Waals surface area (Å²) in [6.45, 7) is 2.55. The van der Waals surface area contributed by atoms with Crippen molar-refractivity contribution >= 4 is 17.2 Å². The van der Waals surface area contributed by atoms with Gasteiger partial charge in [-0.1, -0.05) is 61.7 Å². The SMILES string of the molecule is CCCC1CC=C(c2ccc(-c3ccc(C4CO4)c(F)c3F)c(Cl)c2F)CC1. The van der Waals surface area contributed by atoms with Gasteiger partial charge in [0, 0.05) is 22.3 Å². The van der Waals surface area contributed by atoms with Gasteiger partial charge in [-0.25, -0.2) is 13.2 Å². The first-order chi connectivity index (χ1) is 13.5. The average molecular weight is 407 g/mol. The lowest BCUT2D eigenvalue weighted by atomic mass is 9.84. The van der Waals surface area contributed by atoms with Crippen molar-refractivity contribution in [3.05, 3.63) is 63.9 Å². The minimum absolute atomic E-state index is 0.0435. The van der Waals surface area contributed by atoms with Crippen LogP contribution in [-0.4, -0.2) is 6.61 Å². The number of ether oxygens (including phenoxy) is 1. The van der Waals surface area contributed by atoms with Crippen LogP contribution in [0.2, 0.25) is 5.02 Å². The molecule has 1 heterocycles. The topological polar surface area (TPSA) is 12.5 Å². The van der Waals surface area contributed by atoms with Gasteiger partial charge in [0.15, 0.2) is 11.6 Å². The Morgan fingerprint density at radius 3 is 2.36 bits per heavy atom. The van der Waals surface area contributed by atoms with Gasteiger partial charge >= 0.3 is 0 Å². The third-order valence-electron chi connectivity index (χ3n) is 5.73. The second kappa shape index (κ2) is 7.92. The zero-order chi connectivity index (χ0) is 19.8. The molecule has 0 aromatic heterocycles. The molecule has 148 valence electrons. The van der Waals surface area contributed by atoms with Crippen LogP contribution < -0.4 is 0 Å². The first-order valence-corrected chi connectivity index (χ1v) is 10.2. The molecule has 4 rings (SSSR count). The highest BCUT2D eigenvalue weighted by Gasteiger charge is 2.31. The summed E-state index contributed by atoms with van der Waals surface area (Å²) in [7, 11) is 0. The largest absolute Gasteiger partial charge is 0.368 e. The second-order valence-electron chi connectivity index (χ2n) is 7.60. The van der Waals surface area contributed by atoms with E-state index in [9.17, 15) is 8.78 Å². The number of hydrogen-bond donors (Lipinski definition) is 0. The summed E-state index contributed by atoms with van der Waals surface area (Å²) in [6.07, 6.45) is 6.79. The Labute approximate surface area is 168 Å². The van der Waals surface area contributed by atoms with Crippen LogP contribution in [0.1, 0.15) is 56.3 Å². The summed E-state index contributed by atoms with van der Waals surface area (Å²) in [4.78, 5) is 0. The van der Waals surface area contributed by atoms with Gasteiger partial charge in [0.1, 0.15) is 11.9 Å². The van der Waals surface area contributed by atoms with Gasteiger partial charge in [-0.15, -0.1) is 0 Å². The van der Waals surface area contributed by atoms with Crippen molar-refractivity contribution in [2.75, 3.05) is 6.61 Å². The molecule has 0 N–H and O–H groups in total. The van der Waals surface area contributed by atoms with Gasteiger partial charge in [0.05, 0.1) is 11.6 Å². The van der Waals surface area contributed by atoms with E-state index >= 15 is 4.39 Å². The zero-order valence-electron chi connectivity index (χ0n) is 15.7. The van der Waals surface area contributed by atoms with Crippen molar-refractivity contribution in [2.24, 2.45) is 5.92 Å². The van der Waals surface area contributed by atoms with Gasteiger partial charge in [-0.05, 0) is 30.8 Å². The summed E-state index contributed by atoms with van der Waals surface area (Å²) in [5.74, 6) is -1.91. The molecule has 28 heavy (non-hydrogen) atoms. The third kappa shape index (κ3) is 3.60. The van der Waals surface area contributed by atoms with Crippen LogP contribution in [-0.2, 0) is 4.74 Å². The molecule has 1 aliphatic carbocycles. The number of rotatable bonds is 5. The van der Waals surface area contributed by atoms with Crippen LogP contribution in [0.15, 0.2) is 30.3 Å². The molecule has 5 heteroatoms. The lowest BCUT2D eigenvalue weighted by molar-refractivity contribution is 0.401. The summed E-state index contributed by atoms with van der Waals surface area (Å²) in [5, 5.41) is -0.178. The van der Waals surface area contributed by atoms with E-state index in [2.05, 4.69) is 13.0 Å². The van der Waals surface area contributed by atoms with E-state index in [1.165, 1.54) is 18.6 Å². The number of halogens is 4. The van der Waals surface area contributed by atoms with Crippen LogP contribution in [0.3, 0.4) is 0 Å². The molecular formula is C23H22ClF3O. The van der Waals surface area contributed by atoms with Crippen LogP contribution in [0.25, 0.3) is 16.7 Å². The van der Waals surface area contributed by atoms with E-state index in [1.54, 1.807) is 12.1 Å². The lowest BCUT2D eigenvalue weighted by Gasteiger charge is -2.22. The molecule has 1 saturated heterocycles. The molecule has 0 spiro atoms. The first kappa shape index (κ1) is 19.5. The van der Waals surface area contributed by atoms with Gasteiger partial charge < -0.3 is 4.74 Å². The highest BCUT2D eigenvalue weighted by molar-refractivity contribution is 6.33. The van der Waals surface area contributed by atoms with Crippen molar-refractivity contribution in [3.8, 4) is 11.1 Å². The summed E-state index contributed by atoms with van der Waals surface area (Å²) < 4.78 is 49.0. The van der Waals surface area contributed by atoms with E-state index in [-0.39, 0.29) is 21.7 Å². The first-order valence-electron chi connectivity index (χ1n) is 9.78. The predicted molar refractivity (Wildman–Crippen MR) is 106 cm³/mol. The van der Waals surface area contributed by atoms with E-state index in [1.807, 2.05) is 0 Å². The fraction of sp³-hybridized carbons (Fsp3) is 0.391. The van der Waals surface area contributed by atoms with E-state index < -0.39 is 23.6 Å². The highest BCUT2D eigenvalue weighted by atomic mass is 35.5. The molecule has 1 nitrogen and oxygen atoms in total. The highest BCUT2D eigenvalue weighted by Crippen LogP contribution is 2.41. The Morgan fingerprint density at radius 1 is 1.00 bits per heavy atom. The number of benzene rings is 2. The molecule has 2 atom stereocenters. The predicted octanol–water partition coefficient (Wildman–Crippen LogP) is 7.48. The Bertz CT molecular complexity index is 934. The summed E-state index contributed by atoms with van der Waals surface area (Å²) >= 11 is 6.25. The van der Waals surface area contributed by atoms with Crippen LogP contribution in [0.4, 0.5) is 13.2 Å². The second-order valence-corrected chi connectivity index (χ2v) is 7.98. The summed E-state index contributed by atoms with van der Waals surface area (Å²) in [6, 6.07) is 6.11. The van der Waals surface area contributed by atoms with Crippen LogP contribution in [0.5, 0.6) is 0 Å². The lowest BCUT2D eigenvalue weighted by Crippen LogP contribution is -2.06. The normalized spacial score (nSPS) is 21.5. The molecule has 0 amide bonds. The number of hydrogen-bond acceptors (Lipinski definition) is 1. The van der Waals surface area contributed by atoms with Crippen molar-refractivity contribution in [3.63, 3.8) is 0 Å². The molecule has 1 aliphatic heterocycles.